The molecule has 0 aliphatic carbocycles. The molecule has 0 bridgehead atoms. The van der Waals surface area contributed by atoms with Crippen LogP contribution in [0.2, 0.25) is 0 Å². The van der Waals surface area contributed by atoms with Crippen LogP contribution in [0.3, 0.4) is 0 Å². The number of rotatable bonds is 3. The number of amides is 1. The molecule has 1 N–H and O–H groups in total. The summed E-state index contributed by atoms with van der Waals surface area (Å²) in [5.74, 6) is 0.0904. The molecule has 172 valence electrons. The van der Waals surface area contributed by atoms with Gasteiger partial charge in [0.25, 0.3) is 5.91 Å². The third kappa shape index (κ3) is 3.42. The van der Waals surface area contributed by atoms with Gasteiger partial charge in [-0.1, -0.05) is 0 Å². The van der Waals surface area contributed by atoms with Gasteiger partial charge >= 0.3 is 5.69 Å². The van der Waals surface area contributed by atoms with Gasteiger partial charge in [-0.2, -0.15) is 0 Å². The summed E-state index contributed by atoms with van der Waals surface area (Å²) in [6.45, 7) is 1.85. The molecule has 0 atom stereocenters. The number of aromatic nitrogens is 5. The van der Waals surface area contributed by atoms with Crippen molar-refractivity contribution in [3.8, 4) is 0 Å². The number of H-pyrrole nitrogens is 1. The fourth-order valence-electron chi connectivity index (χ4n) is 5.00. The summed E-state index contributed by atoms with van der Waals surface area (Å²) in [7, 11) is 0. The summed E-state index contributed by atoms with van der Waals surface area (Å²) in [5, 5.41) is 0. The summed E-state index contributed by atoms with van der Waals surface area (Å²) in [4.78, 5) is 45.3. The number of nitrogens with zero attached hydrogens (tertiary/aromatic N) is 6. The van der Waals surface area contributed by atoms with Gasteiger partial charge in [-0.3, -0.25) is 19.3 Å². The SMILES string of the molecule is O=C(c1cncc(N2CCC(n3c(=O)[nH]c4ncccc43)CC2)n1)N1CCc2cc(F)ccc21. The summed E-state index contributed by atoms with van der Waals surface area (Å²) < 4.78 is 15.3. The van der Waals surface area contributed by atoms with Crippen molar-refractivity contribution in [2.45, 2.75) is 25.3 Å². The van der Waals surface area contributed by atoms with Crippen LogP contribution in [0.1, 0.15) is 34.9 Å². The number of carbonyl (C=O) groups is 1. The number of hydrogen-bond donors (Lipinski definition) is 1. The summed E-state index contributed by atoms with van der Waals surface area (Å²) in [5.41, 5.74) is 3.06. The second kappa shape index (κ2) is 8.05. The van der Waals surface area contributed by atoms with Gasteiger partial charge in [0.1, 0.15) is 17.3 Å². The molecule has 9 nitrogen and oxygen atoms in total. The highest BCUT2D eigenvalue weighted by atomic mass is 19.1. The van der Waals surface area contributed by atoms with Gasteiger partial charge in [-0.15, -0.1) is 0 Å². The summed E-state index contributed by atoms with van der Waals surface area (Å²) >= 11 is 0. The van der Waals surface area contributed by atoms with Crippen LogP contribution in [0.15, 0.2) is 53.7 Å². The molecule has 1 saturated heterocycles. The first kappa shape index (κ1) is 20.5. The van der Waals surface area contributed by atoms with Gasteiger partial charge in [0, 0.05) is 37.6 Å². The third-order valence-electron chi connectivity index (χ3n) is 6.67. The number of aromatic amines is 1. The molecule has 4 aromatic rings. The number of anilines is 2. The topological polar surface area (TPSA) is 100 Å². The van der Waals surface area contributed by atoms with E-state index in [9.17, 15) is 14.0 Å². The van der Waals surface area contributed by atoms with Crippen LogP contribution >= 0.6 is 0 Å². The van der Waals surface area contributed by atoms with Crippen LogP contribution in [0, 0.1) is 5.82 Å². The molecule has 1 amide bonds. The quantitative estimate of drug-likeness (QED) is 0.506. The maximum Gasteiger partial charge on any atom is 0.327 e. The standard InChI is InChI=1S/C24H22FN7O2/c25-16-3-4-19-15(12-16)5-11-31(19)23(33)18-13-26-14-21(28-18)30-9-6-17(7-10-30)32-20-2-1-8-27-22(20)29-24(32)34/h1-4,8,12-14,17H,5-7,9-11H2,(H,27,29,34). The average molecular weight is 459 g/mol. The van der Waals surface area contributed by atoms with Crippen molar-refractivity contribution in [3.05, 3.63) is 76.5 Å². The number of pyridine rings is 1. The van der Waals surface area contributed by atoms with Gasteiger partial charge in [0.2, 0.25) is 0 Å². The van der Waals surface area contributed by atoms with Crippen molar-refractivity contribution in [1.82, 2.24) is 24.5 Å². The Morgan fingerprint density at radius 3 is 2.82 bits per heavy atom. The molecule has 3 aromatic heterocycles. The number of benzene rings is 1. The highest BCUT2D eigenvalue weighted by Crippen LogP contribution is 2.30. The molecule has 0 spiro atoms. The fourth-order valence-corrected chi connectivity index (χ4v) is 5.00. The van der Waals surface area contributed by atoms with E-state index >= 15 is 0 Å². The highest BCUT2D eigenvalue weighted by molar-refractivity contribution is 6.06. The van der Waals surface area contributed by atoms with Crippen LogP contribution < -0.4 is 15.5 Å². The van der Waals surface area contributed by atoms with Gasteiger partial charge in [0.15, 0.2) is 5.65 Å². The van der Waals surface area contributed by atoms with E-state index in [0.29, 0.717) is 37.5 Å². The Labute approximate surface area is 193 Å². The summed E-state index contributed by atoms with van der Waals surface area (Å²) in [6, 6.07) is 8.27. The van der Waals surface area contributed by atoms with Crippen molar-refractivity contribution in [3.63, 3.8) is 0 Å². The van der Waals surface area contributed by atoms with Crippen molar-refractivity contribution in [2.24, 2.45) is 0 Å². The number of imidazole rings is 1. The molecule has 5 heterocycles. The van der Waals surface area contributed by atoms with E-state index < -0.39 is 0 Å². The predicted octanol–water partition coefficient (Wildman–Crippen LogP) is 2.70. The molecular weight excluding hydrogens is 437 g/mol. The molecule has 2 aliphatic rings. The average Bonchev–Trinajstić information content (AvgIpc) is 3.43. The Morgan fingerprint density at radius 2 is 1.97 bits per heavy atom. The lowest BCUT2D eigenvalue weighted by atomic mass is 10.0. The van der Waals surface area contributed by atoms with Crippen LogP contribution in [-0.2, 0) is 6.42 Å². The normalized spacial score (nSPS) is 16.3. The number of piperidine rings is 1. The Hall–Kier alpha value is -4.08. The zero-order valence-corrected chi connectivity index (χ0v) is 18.3. The lowest BCUT2D eigenvalue weighted by molar-refractivity contribution is 0.0984. The summed E-state index contributed by atoms with van der Waals surface area (Å²) in [6.07, 6.45) is 6.92. The number of carbonyl (C=O) groups excluding carboxylic acids is 1. The molecule has 6 rings (SSSR count). The molecule has 34 heavy (non-hydrogen) atoms. The van der Waals surface area contributed by atoms with Crippen LogP contribution in [-0.4, -0.2) is 50.0 Å². The zero-order chi connectivity index (χ0) is 23.2. The molecule has 1 fully saturated rings. The lowest BCUT2D eigenvalue weighted by Gasteiger charge is -2.33. The molecule has 0 saturated carbocycles. The molecule has 2 aliphatic heterocycles. The Kier molecular flexibility index (Phi) is 4.86. The van der Waals surface area contributed by atoms with E-state index in [2.05, 4.69) is 24.8 Å². The van der Waals surface area contributed by atoms with Gasteiger partial charge in [-0.05, 0) is 55.2 Å². The minimum Gasteiger partial charge on any atom is -0.355 e. The van der Waals surface area contributed by atoms with Crippen LogP contribution in [0.5, 0.6) is 0 Å². The molecule has 1 aromatic carbocycles. The first-order valence-electron chi connectivity index (χ1n) is 11.3. The Balaban J connectivity index is 1.19. The maximum atomic E-state index is 13.5. The fraction of sp³-hybridized carbons (Fsp3) is 0.292. The smallest absolute Gasteiger partial charge is 0.327 e. The predicted molar refractivity (Wildman–Crippen MR) is 125 cm³/mol. The van der Waals surface area contributed by atoms with E-state index in [0.717, 1.165) is 29.6 Å². The first-order valence-corrected chi connectivity index (χ1v) is 11.3. The first-order chi connectivity index (χ1) is 16.6. The van der Waals surface area contributed by atoms with E-state index in [1.807, 2.05) is 12.1 Å². The second-order valence-electron chi connectivity index (χ2n) is 8.63. The number of hydrogen-bond acceptors (Lipinski definition) is 6. The van der Waals surface area contributed by atoms with Gasteiger partial charge in [0.05, 0.1) is 17.9 Å². The monoisotopic (exact) mass is 459 g/mol. The number of halogens is 1. The minimum absolute atomic E-state index is 0.0565. The van der Waals surface area contributed by atoms with Gasteiger partial charge < -0.3 is 9.80 Å². The molecular formula is C24H22FN7O2. The maximum absolute atomic E-state index is 13.5. The van der Waals surface area contributed by atoms with Crippen molar-refractivity contribution in [2.75, 3.05) is 29.4 Å². The lowest BCUT2D eigenvalue weighted by Crippen LogP contribution is -2.38. The third-order valence-corrected chi connectivity index (χ3v) is 6.67. The van der Waals surface area contributed by atoms with E-state index in [1.165, 1.54) is 18.3 Å². The second-order valence-corrected chi connectivity index (χ2v) is 8.63. The Bertz CT molecular complexity index is 1460. The molecule has 0 radical (unpaired) electrons. The molecule has 0 unspecified atom stereocenters. The molecule has 10 heteroatoms. The minimum atomic E-state index is -0.301. The van der Waals surface area contributed by atoms with E-state index in [-0.39, 0.29) is 29.1 Å². The van der Waals surface area contributed by atoms with Crippen LogP contribution in [0.4, 0.5) is 15.9 Å². The van der Waals surface area contributed by atoms with Crippen molar-refractivity contribution < 1.29 is 9.18 Å². The number of fused-ring (bicyclic) bond motifs is 2. The largest absolute Gasteiger partial charge is 0.355 e. The number of nitrogens with one attached hydrogen (secondary N) is 1. The van der Waals surface area contributed by atoms with Crippen LogP contribution in [0.25, 0.3) is 11.2 Å². The highest BCUT2D eigenvalue weighted by Gasteiger charge is 2.29. The van der Waals surface area contributed by atoms with E-state index in [4.69, 9.17) is 0 Å². The zero-order valence-electron chi connectivity index (χ0n) is 18.3. The van der Waals surface area contributed by atoms with Crippen molar-refractivity contribution in [1.29, 1.82) is 0 Å². The van der Waals surface area contributed by atoms with Gasteiger partial charge in [-0.25, -0.2) is 19.2 Å². The van der Waals surface area contributed by atoms with E-state index in [1.54, 1.807) is 27.9 Å². The van der Waals surface area contributed by atoms with Crippen molar-refractivity contribution >= 4 is 28.6 Å². The Morgan fingerprint density at radius 1 is 1.12 bits per heavy atom.